The molecule has 1 aromatic carbocycles. The van der Waals surface area contributed by atoms with Gasteiger partial charge in [0.1, 0.15) is 5.75 Å². The van der Waals surface area contributed by atoms with Crippen molar-refractivity contribution in [3.63, 3.8) is 0 Å². The molecule has 0 aliphatic carbocycles. The largest absolute Gasteiger partial charge is 0.494 e. The van der Waals surface area contributed by atoms with E-state index in [4.69, 9.17) is 4.74 Å². The molecule has 2 amide bonds. The van der Waals surface area contributed by atoms with Gasteiger partial charge in [-0.25, -0.2) is 9.67 Å². The van der Waals surface area contributed by atoms with Crippen LogP contribution in [0.5, 0.6) is 5.75 Å². The Morgan fingerprint density at radius 1 is 1.00 bits per heavy atom. The molecule has 10 heteroatoms. The first-order chi connectivity index (χ1) is 17.9. The molecule has 1 aliphatic rings. The van der Waals surface area contributed by atoms with Crippen LogP contribution < -0.4 is 4.74 Å². The monoisotopic (exact) mass is 500 g/mol. The number of ketones is 1. The summed E-state index contributed by atoms with van der Waals surface area (Å²) in [5.74, 6) is -0.216. The lowest BCUT2D eigenvalue weighted by Crippen LogP contribution is -2.52. The van der Waals surface area contributed by atoms with Gasteiger partial charge in [-0.1, -0.05) is 32.0 Å². The van der Waals surface area contributed by atoms with Crippen molar-refractivity contribution in [1.82, 2.24) is 29.5 Å². The molecule has 4 heterocycles. The maximum Gasteiger partial charge on any atom is 0.295 e. The summed E-state index contributed by atoms with van der Waals surface area (Å²) in [4.78, 5) is 50.1. The molecule has 0 spiro atoms. The summed E-state index contributed by atoms with van der Waals surface area (Å²) in [7, 11) is 1.49. The minimum atomic E-state index is -0.645. The Morgan fingerprint density at radius 3 is 2.35 bits per heavy atom. The van der Waals surface area contributed by atoms with Crippen molar-refractivity contribution in [2.75, 3.05) is 33.3 Å². The number of pyridine rings is 1. The SMILES string of the molecule is COc1cnc(-n2ccc(C(C)C)n2)c2[nH]cc(C(=O)C(=O)N3CCN(C(=O)c4ccccc4)CC3)c12. The van der Waals surface area contributed by atoms with Gasteiger partial charge < -0.3 is 19.5 Å². The average Bonchev–Trinajstić information content (AvgIpc) is 3.60. The lowest BCUT2D eigenvalue weighted by Gasteiger charge is -2.34. The van der Waals surface area contributed by atoms with Crippen LogP contribution in [0.3, 0.4) is 0 Å². The Morgan fingerprint density at radius 2 is 1.70 bits per heavy atom. The third-order valence-electron chi connectivity index (χ3n) is 6.61. The Kier molecular flexibility index (Phi) is 6.47. The van der Waals surface area contributed by atoms with Crippen LogP contribution in [0.1, 0.15) is 46.2 Å². The number of Topliss-reactive ketones (excluding diaryl/α,β-unsaturated/α-hetero) is 1. The minimum Gasteiger partial charge on any atom is -0.494 e. The Labute approximate surface area is 213 Å². The molecule has 0 atom stereocenters. The van der Waals surface area contributed by atoms with E-state index in [1.165, 1.54) is 24.4 Å². The van der Waals surface area contributed by atoms with Crippen molar-refractivity contribution in [2.24, 2.45) is 0 Å². The zero-order valence-corrected chi connectivity index (χ0v) is 21.0. The second-order valence-corrected chi connectivity index (χ2v) is 9.22. The summed E-state index contributed by atoms with van der Waals surface area (Å²) >= 11 is 0. The second kappa shape index (κ2) is 9.88. The summed E-state index contributed by atoms with van der Waals surface area (Å²) in [6, 6.07) is 10.9. The number of carbonyl (C=O) groups excluding carboxylic acids is 3. The molecule has 1 N–H and O–H groups in total. The topological polar surface area (TPSA) is 113 Å². The highest BCUT2D eigenvalue weighted by Crippen LogP contribution is 2.32. The molecular weight excluding hydrogens is 472 g/mol. The van der Waals surface area contributed by atoms with Gasteiger partial charge in [-0.3, -0.25) is 14.4 Å². The predicted molar refractivity (Wildman–Crippen MR) is 137 cm³/mol. The number of fused-ring (bicyclic) bond motifs is 1. The molecule has 1 fully saturated rings. The number of ether oxygens (including phenoxy) is 1. The highest BCUT2D eigenvalue weighted by Gasteiger charge is 2.31. The molecule has 10 nitrogen and oxygen atoms in total. The van der Waals surface area contributed by atoms with Crippen LogP contribution in [-0.4, -0.2) is 80.4 Å². The van der Waals surface area contributed by atoms with Gasteiger partial charge in [-0.2, -0.15) is 5.10 Å². The zero-order valence-electron chi connectivity index (χ0n) is 21.0. The Hall–Kier alpha value is -4.47. The highest BCUT2D eigenvalue weighted by atomic mass is 16.5. The van der Waals surface area contributed by atoms with Gasteiger partial charge in [-0.05, 0) is 24.1 Å². The van der Waals surface area contributed by atoms with Gasteiger partial charge >= 0.3 is 0 Å². The van der Waals surface area contributed by atoms with Gasteiger partial charge in [0.2, 0.25) is 0 Å². The molecule has 4 aromatic rings. The van der Waals surface area contributed by atoms with E-state index in [0.717, 1.165) is 5.69 Å². The van der Waals surface area contributed by atoms with E-state index in [9.17, 15) is 14.4 Å². The summed E-state index contributed by atoms with van der Waals surface area (Å²) in [6.45, 7) is 5.38. The van der Waals surface area contributed by atoms with E-state index in [2.05, 4.69) is 28.9 Å². The van der Waals surface area contributed by atoms with Crippen molar-refractivity contribution in [1.29, 1.82) is 0 Å². The van der Waals surface area contributed by atoms with Crippen LogP contribution in [-0.2, 0) is 4.79 Å². The van der Waals surface area contributed by atoms with Crippen molar-refractivity contribution in [3.8, 4) is 11.6 Å². The van der Waals surface area contributed by atoms with Gasteiger partial charge in [0.05, 0.1) is 35.5 Å². The number of carbonyl (C=O) groups is 3. The van der Waals surface area contributed by atoms with Crippen LogP contribution in [0.4, 0.5) is 0 Å². The van der Waals surface area contributed by atoms with Crippen LogP contribution >= 0.6 is 0 Å². The molecule has 37 heavy (non-hydrogen) atoms. The summed E-state index contributed by atoms with van der Waals surface area (Å²) in [5.41, 5.74) is 2.27. The van der Waals surface area contributed by atoms with Crippen LogP contribution in [0.25, 0.3) is 16.7 Å². The second-order valence-electron chi connectivity index (χ2n) is 9.22. The Balaban J connectivity index is 1.37. The molecule has 0 unspecified atom stereocenters. The average molecular weight is 501 g/mol. The molecular formula is C27H28N6O4. The fourth-order valence-corrected chi connectivity index (χ4v) is 4.51. The van der Waals surface area contributed by atoms with Crippen LogP contribution in [0.15, 0.2) is 55.0 Å². The van der Waals surface area contributed by atoms with E-state index in [0.29, 0.717) is 41.1 Å². The van der Waals surface area contributed by atoms with E-state index < -0.39 is 11.7 Å². The first kappa shape index (κ1) is 24.2. The molecule has 0 radical (unpaired) electrons. The first-order valence-corrected chi connectivity index (χ1v) is 12.2. The van der Waals surface area contributed by atoms with Gasteiger partial charge in [0.15, 0.2) is 5.82 Å². The number of hydrogen-bond donors (Lipinski definition) is 1. The van der Waals surface area contributed by atoms with Crippen LogP contribution in [0, 0.1) is 0 Å². The third-order valence-corrected chi connectivity index (χ3v) is 6.61. The lowest BCUT2D eigenvalue weighted by molar-refractivity contribution is -0.127. The van der Waals surface area contributed by atoms with Gasteiger partial charge in [0.25, 0.3) is 17.6 Å². The van der Waals surface area contributed by atoms with Crippen molar-refractivity contribution in [2.45, 2.75) is 19.8 Å². The number of nitrogens with one attached hydrogen (secondary N) is 1. The third kappa shape index (κ3) is 4.46. The van der Waals surface area contributed by atoms with E-state index in [1.54, 1.807) is 21.7 Å². The molecule has 190 valence electrons. The smallest absolute Gasteiger partial charge is 0.295 e. The molecule has 1 saturated heterocycles. The van der Waals surface area contributed by atoms with E-state index in [1.807, 2.05) is 30.5 Å². The maximum absolute atomic E-state index is 13.4. The predicted octanol–water partition coefficient (Wildman–Crippen LogP) is 3.05. The Bertz CT molecular complexity index is 1460. The number of rotatable bonds is 6. The number of nitrogens with zero attached hydrogens (tertiary/aromatic N) is 5. The van der Waals surface area contributed by atoms with Gasteiger partial charge in [-0.15, -0.1) is 0 Å². The number of methoxy groups -OCH3 is 1. The fourth-order valence-electron chi connectivity index (χ4n) is 4.51. The zero-order chi connectivity index (χ0) is 26.1. The van der Waals surface area contributed by atoms with Gasteiger partial charge in [0, 0.05) is 44.1 Å². The quantitative estimate of drug-likeness (QED) is 0.322. The molecule has 5 rings (SSSR count). The van der Waals surface area contributed by atoms with Crippen molar-refractivity contribution >= 4 is 28.5 Å². The first-order valence-electron chi connectivity index (χ1n) is 12.2. The van der Waals surface area contributed by atoms with E-state index >= 15 is 0 Å². The van der Waals surface area contributed by atoms with Crippen molar-refractivity contribution < 1.29 is 19.1 Å². The maximum atomic E-state index is 13.4. The molecule has 1 aliphatic heterocycles. The minimum absolute atomic E-state index is 0.0836. The number of benzene rings is 1. The summed E-state index contributed by atoms with van der Waals surface area (Å²) in [5, 5.41) is 5.07. The number of piperazine rings is 1. The number of aromatic nitrogens is 4. The molecule has 3 aromatic heterocycles. The highest BCUT2D eigenvalue weighted by molar-refractivity contribution is 6.45. The normalized spacial score (nSPS) is 13.8. The summed E-state index contributed by atoms with van der Waals surface area (Å²) < 4.78 is 7.13. The number of hydrogen-bond acceptors (Lipinski definition) is 6. The lowest BCUT2D eigenvalue weighted by atomic mass is 10.1. The number of aromatic amines is 1. The number of H-pyrrole nitrogens is 1. The standard InChI is InChI=1S/C27H28N6O4/c1-17(2)20-9-10-33(30-20)25-23-22(21(37-3)16-29-25)19(15-28-23)24(34)27(36)32-13-11-31(12-14-32)26(35)18-7-5-4-6-8-18/h4-10,15-17,28H,11-14H2,1-3H3. The van der Waals surface area contributed by atoms with Crippen LogP contribution in [0.2, 0.25) is 0 Å². The molecule has 0 bridgehead atoms. The van der Waals surface area contributed by atoms with E-state index in [-0.39, 0.29) is 30.5 Å². The van der Waals surface area contributed by atoms with Crippen molar-refractivity contribution in [3.05, 3.63) is 71.8 Å². The number of amides is 2. The fraction of sp³-hybridized carbons (Fsp3) is 0.296. The molecule has 0 saturated carbocycles. The summed E-state index contributed by atoms with van der Waals surface area (Å²) in [6.07, 6.45) is 4.85.